The Bertz CT molecular complexity index is 1240. The lowest BCUT2D eigenvalue weighted by Crippen LogP contribution is -2.37. The van der Waals surface area contributed by atoms with Crippen LogP contribution >= 0.6 is 12.2 Å². The average Bonchev–Trinajstić information content (AvgIpc) is 2.99. The molecule has 4 rings (SSSR count). The first-order valence-electron chi connectivity index (χ1n) is 10.6. The van der Waals surface area contributed by atoms with Crippen molar-refractivity contribution in [3.8, 4) is 0 Å². The van der Waals surface area contributed by atoms with Crippen molar-refractivity contribution in [1.82, 2.24) is 9.80 Å². The number of hydrogen-bond acceptors (Lipinski definition) is 4. The van der Waals surface area contributed by atoms with Crippen LogP contribution in [0.2, 0.25) is 0 Å². The quantitative estimate of drug-likeness (QED) is 0.548. The molecule has 1 heterocycles. The monoisotopic (exact) mass is 460 g/mol. The molecule has 1 saturated heterocycles. The fourth-order valence-corrected chi connectivity index (χ4v) is 4.28. The molecule has 0 radical (unpaired) electrons. The summed E-state index contributed by atoms with van der Waals surface area (Å²) in [6.45, 7) is 1.86. The van der Waals surface area contributed by atoms with Crippen LogP contribution in [0.5, 0.6) is 0 Å². The van der Waals surface area contributed by atoms with E-state index in [-0.39, 0.29) is 24.1 Å². The van der Waals surface area contributed by atoms with E-state index in [1.807, 2.05) is 47.4 Å². The molecule has 0 aromatic heterocycles. The van der Waals surface area contributed by atoms with Crippen LogP contribution in [0.1, 0.15) is 18.9 Å². The van der Waals surface area contributed by atoms with Crippen LogP contribution in [0.4, 0.5) is 11.4 Å². The maximum Gasteiger partial charge on any atom is 0.251 e. The minimum absolute atomic E-state index is 0.0263. The zero-order valence-electron chi connectivity index (χ0n) is 18.4. The second-order valence-electron chi connectivity index (χ2n) is 7.97. The van der Waals surface area contributed by atoms with Gasteiger partial charge in [0.2, 0.25) is 11.8 Å². The summed E-state index contributed by atoms with van der Waals surface area (Å²) in [5.74, 6) is -0.657. The molecule has 1 atom stereocenters. The maximum absolute atomic E-state index is 12.9. The zero-order valence-corrected chi connectivity index (χ0v) is 19.2. The summed E-state index contributed by atoms with van der Waals surface area (Å²) in [5.41, 5.74) is 2.26. The summed E-state index contributed by atoms with van der Waals surface area (Å²) < 4.78 is 0. The molecule has 0 spiro atoms. The van der Waals surface area contributed by atoms with Gasteiger partial charge in [-0.15, -0.1) is 0 Å². The maximum atomic E-state index is 12.9. The first-order chi connectivity index (χ1) is 15.8. The van der Waals surface area contributed by atoms with Crippen molar-refractivity contribution in [1.29, 1.82) is 0 Å². The van der Waals surface area contributed by atoms with Gasteiger partial charge < -0.3 is 15.5 Å². The molecule has 168 valence electrons. The average molecular weight is 461 g/mol. The number of likely N-dealkylation sites (N-methyl/N-ethyl adjacent to an activating group) is 1. The van der Waals surface area contributed by atoms with Gasteiger partial charge in [0.05, 0.1) is 6.42 Å². The molecule has 3 amide bonds. The van der Waals surface area contributed by atoms with E-state index in [2.05, 4.69) is 10.6 Å². The SMILES string of the molecule is CC(=O)Nc1ccc(NC(=O)CC2C(=O)N(C)C(=S)N2Cc2cccc3ccccc23)cc1. The molecule has 0 bridgehead atoms. The van der Waals surface area contributed by atoms with Gasteiger partial charge in [0.15, 0.2) is 5.11 Å². The van der Waals surface area contributed by atoms with Crippen LogP contribution in [0.15, 0.2) is 66.7 Å². The third-order valence-electron chi connectivity index (χ3n) is 5.61. The summed E-state index contributed by atoms with van der Waals surface area (Å²) >= 11 is 5.54. The molecule has 2 N–H and O–H groups in total. The van der Waals surface area contributed by atoms with Crippen LogP contribution in [0, 0.1) is 0 Å². The smallest absolute Gasteiger partial charge is 0.251 e. The molecule has 3 aromatic rings. The van der Waals surface area contributed by atoms with E-state index in [1.54, 1.807) is 31.3 Å². The molecular weight excluding hydrogens is 436 g/mol. The Morgan fingerprint density at radius 1 is 0.939 bits per heavy atom. The second kappa shape index (κ2) is 9.38. The third kappa shape index (κ3) is 4.85. The van der Waals surface area contributed by atoms with Crippen LogP contribution in [-0.4, -0.2) is 45.7 Å². The van der Waals surface area contributed by atoms with E-state index >= 15 is 0 Å². The van der Waals surface area contributed by atoms with Crippen molar-refractivity contribution in [3.63, 3.8) is 0 Å². The van der Waals surface area contributed by atoms with Crippen molar-refractivity contribution >= 4 is 57.2 Å². The number of anilines is 2. The number of amides is 3. The lowest BCUT2D eigenvalue weighted by atomic mass is 10.0. The summed E-state index contributed by atoms with van der Waals surface area (Å²) in [4.78, 5) is 40.1. The lowest BCUT2D eigenvalue weighted by molar-refractivity contribution is -0.130. The van der Waals surface area contributed by atoms with Crippen molar-refractivity contribution in [3.05, 3.63) is 72.3 Å². The van der Waals surface area contributed by atoms with Gasteiger partial charge in [0.1, 0.15) is 6.04 Å². The van der Waals surface area contributed by atoms with Gasteiger partial charge in [-0.25, -0.2) is 0 Å². The van der Waals surface area contributed by atoms with Gasteiger partial charge in [0, 0.05) is 31.9 Å². The highest BCUT2D eigenvalue weighted by Gasteiger charge is 2.41. The van der Waals surface area contributed by atoms with E-state index in [9.17, 15) is 14.4 Å². The highest BCUT2D eigenvalue weighted by atomic mass is 32.1. The molecule has 1 unspecified atom stereocenters. The summed E-state index contributed by atoms with van der Waals surface area (Å²) in [7, 11) is 1.64. The molecule has 1 fully saturated rings. The van der Waals surface area contributed by atoms with Crippen LogP contribution in [-0.2, 0) is 20.9 Å². The fraction of sp³-hybridized carbons (Fsp3) is 0.200. The van der Waals surface area contributed by atoms with Crippen molar-refractivity contribution in [2.75, 3.05) is 17.7 Å². The summed E-state index contributed by atoms with van der Waals surface area (Å²) in [6.07, 6.45) is -0.0263. The van der Waals surface area contributed by atoms with Crippen molar-refractivity contribution in [2.45, 2.75) is 25.9 Å². The Hall–Kier alpha value is -3.78. The molecule has 1 aliphatic heterocycles. The number of nitrogens with one attached hydrogen (secondary N) is 2. The molecule has 0 aliphatic carbocycles. The third-order valence-corrected chi connectivity index (χ3v) is 6.12. The highest BCUT2D eigenvalue weighted by molar-refractivity contribution is 7.80. The van der Waals surface area contributed by atoms with Gasteiger partial charge in [-0.2, -0.15) is 0 Å². The normalized spacial score (nSPS) is 15.8. The minimum atomic E-state index is -0.680. The van der Waals surface area contributed by atoms with Gasteiger partial charge in [-0.3, -0.25) is 19.3 Å². The van der Waals surface area contributed by atoms with Gasteiger partial charge in [0.25, 0.3) is 5.91 Å². The van der Waals surface area contributed by atoms with Gasteiger partial charge in [-0.1, -0.05) is 42.5 Å². The number of fused-ring (bicyclic) bond motifs is 1. The molecular formula is C25H24N4O3S. The standard InChI is InChI=1S/C25H24N4O3S/c1-16(30)26-19-10-12-20(13-11-19)27-23(31)14-22-24(32)28(2)25(33)29(22)15-18-8-5-7-17-6-3-4-9-21(17)18/h3-13,22H,14-15H2,1-2H3,(H,26,30)(H,27,31). The first-order valence-corrected chi connectivity index (χ1v) is 11.0. The molecule has 8 heteroatoms. The topological polar surface area (TPSA) is 81.8 Å². The minimum Gasteiger partial charge on any atom is -0.332 e. The predicted octanol–water partition coefficient (Wildman–Crippen LogP) is 3.75. The largest absolute Gasteiger partial charge is 0.332 e. The lowest BCUT2D eigenvalue weighted by Gasteiger charge is -2.24. The number of benzene rings is 3. The van der Waals surface area contributed by atoms with Crippen LogP contribution in [0.25, 0.3) is 10.8 Å². The Morgan fingerprint density at radius 3 is 2.27 bits per heavy atom. The molecule has 1 aliphatic rings. The van der Waals surface area contributed by atoms with Crippen LogP contribution in [0.3, 0.4) is 0 Å². The van der Waals surface area contributed by atoms with Crippen molar-refractivity contribution < 1.29 is 14.4 Å². The Kier molecular flexibility index (Phi) is 6.37. The molecule has 0 saturated carbocycles. The number of nitrogens with zero attached hydrogens (tertiary/aromatic N) is 2. The van der Waals surface area contributed by atoms with E-state index in [4.69, 9.17) is 12.2 Å². The molecule has 3 aromatic carbocycles. The Morgan fingerprint density at radius 2 is 1.58 bits per heavy atom. The number of thiocarbonyl (C=S) groups is 1. The first kappa shape index (κ1) is 22.4. The van der Waals surface area contributed by atoms with Crippen LogP contribution < -0.4 is 10.6 Å². The van der Waals surface area contributed by atoms with E-state index in [0.717, 1.165) is 16.3 Å². The zero-order chi connectivity index (χ0) is 23.5. The van der Waals surface area contributed by atoms with Gasteiger partial charge in [-0.05, 0) is 52.8 Å². The fourth-order valence-electron chi connectivity index (χ4n) is 3.99. The summed E-state index contributed by atoms with van der Waals surface area (Å²) in [5, 5.41) is 8.11. The van der Waals surface area contributed by atoms with E-state index in [1.165, 1.54) is 11.8 Å². The number of carbonyl (C=O) groups excluding carboxylic acids is 3. The number of hydrogen-bond donors (Lipinski definition) is 2. The van der Waals surface area contributed by atoms with E-state index in [0.29, 0.717) is 23.0 Å². The number of rotatable bonds is 6. The predicted molar refractivity (Wildman–Crippen MR) is 133 cm³/mol. The van der Waals surface area contributed by atoms with E-state index < -0.39 is 6.04 Å². The highest BCUT2D eigenvalue weighted by Crippen LogP contribution is 2.26. The second-order valence-corrected chi connectivity index (χ2v) is 8.34. The molecule has 33 heavy (non-hydrogen) atoms. The van der Waals surface area contributed by atoms with Crippen molar-refractivity contribution in [2.24, 2.45) is 0 Å². The molecule has 7 nitrogen and oxygen atoms in total. The number of carbonyl (C=O) groups is 3. The van der Waals surface area contributed by atoms with Gasteiger partial charge >= 0.3 is 0 Å². The Balaban J connectivity index is 1.50. The Labute approximate surface area is 197 Å². The summed E-state index contributed by atoms with van der Waals surface area (Å²) in [6, 6.07) is 20.2.